The maximum atomic E-state index is 4.50. The molecule has 0 amide bonds. The lowest BCUT2D eigenvalue weighted by Crippen LogP contribution is -2.22. The van der Waals surface area contributed by atoms with E-state index >= 15 is 0 Å². The van der Waals surface area contributed by atoms with Crippen molar-refractivity contribution in [3.05, 3.63) is 6.20 Å². The Kier molecular flexibility index (Phi) is 4.69. The first-order valence-corrected chi connectivity index (χ1v) is 6.59. The van der Waals surface area contributed by atoms with E-state index in [4.69, 9.17) is 0 Å². The van der Waals surface area contributed by atoms with Crippen molar-refractivity contribution in [3.63, 3.8) is 0 Å². The Labute approximate surface area is 108 Å². The molecule has 1 N–H and O–H groups in total. The van der Waals surface area contributed by atoms with Crippen LogP contribution in [0.4, 0.5) is 11.8 Å². The van der Waals surface area contributed by atoms with E-state index in [0.29, 0.717) is 0 Å². The highest BCUT2D eigenvalue weighted by molar-refractivity contribution is 5.39. The van der Waals surface area contributed by atoms with Gasteiger partial charge in [0.05, 0.1) is 6.20 Å². The summed E-state index contributed by atoms with van der Waals surface area (Å²) in [5.41, 5.74) is 0. The standard InChI is InChI=1S/C12H22N6/c1-17(2)7-5-6-13-11-10-14-16-12(15-11)18-8-3-4-9-18/h10H,3-9H2,1-2H3,(H,13,15,16). The van der Waals surface area contributed by atoms with Crippen LogP contribution >= 0.6 is 0 Å². The number of nitrogens with one attached hydrogen (secondary N) is 1. The molecule has 1 aromatic rings. The number of aromatic nitrogens is 3. The zero-order valence-corrected chi connectivity index (χ0v) is 11.3. The summed E-state index contributed by atoms with van der Waals surface area (Å²) in [6.07, 6.45) is 5.24. The minimum Gasteiger partial charge on any atom is -0.369 e. The maximum Gasteiger partial charge on any atom is 0.247 e. The quantitative estimate of drug-likeness (QED) is 0.755. The third kappa shape index (κ3) is 3.80. The number of hydrogen-bond donors (Lipinski definition) is 1. The lowest BCUT2D eigenvalue weighted by molar-refractivity contribution is 0.405. The van der Waals surface area contributed by atoms with Gasteiger partial charge in [-0.3, -0.25) is 0 Å². The van der Waals surface area contributed by atoms with Gasteiger partial charge in [-0.2, -0.15) is 10.1 Å². The smallest absolute Gasteiger partial charge is 0.247 e. The van der Waals surface area contributed by atoms with E-state index in [1.54, 1.807) is 6.20 Å². The predicted molar refractivity (Wildman–Crippen MR) is 72.9 cm³/mol. The highest BCUT2D eigenvalue weighted by Crippen LogP contribution is 2.15. The molecule has 2 heterocycles. The number of rotatable bonds is 6. The fraction of sp³-hybridized carbons (Fsp3) is 0.750. The molecule has 1 fully saturated rings. The molecular formula is C12H22N6. The van der Waals surface area contributed by atoms with E-state index in [0.717, 1.165) is 44.4 Å². The van der Waals surface area contributed by atoms with E-state index in [1.807, 2.05) is 0 Å². The monoisotopic (exact) mass is 250 g/mol. The molecule has 0 bridgehead atoms. The highest BCUT2D eigenvalue weighted by Gasteiger charge is 2.15. The summed E-state index contributed by atoms with van der Waals surface area (Å²) in [5.74, 6) is 1.58. The van der Waals surface area contributed by atoms with Crippen LogP contribution in [0, 0.1) is 0 Å². The Bertz CT molecular complexity index is 361. The van der Waals surface area contributed by atoms with E-state index in [-0.39, 0.29) is 0 Å². The molecule has 0 aliphatic carbocycles. The van der Waals surface area contributed by atoms with Gasteiger partial charge in [-0.05, 0) is 39.9 Å². The van der Waals surface area contributed by atoms with Crippen LogP contribution in [0.3, 0.4) is 0 Å². The summed E-state index contributed by atoms with van der Waals surface area (Å²) in [6, 6.07) is 0. The van der Waals surface area contributed by atoms with Gasteiger partial charge in [0.25, 0.3) is 0 Å². The molecule has 6 nitrogen and oxygen atoms in total. The Balaban J connectivity index is 1.83. The molecule has 6 heteroatoms. The third-order valence-electron chi connectivity index (χ3n) is 3.02. The van der Waals surface area contributed by atoms with Crippen molar-refractivity contribution in [1.29, 1.82) is 0 Å². The molecule has 1 saturated heterocycles. The van der Waals surface area contributed by atoms with Gasteiger partial charge in [-0.15, -0.1) is 5.10 Å². The fourth-order valence-electron chi connectivity index (χ4n) is 2.04. The molecule has 18 heavy (non-hydrogen) atoms. The summed E-state index contributed by atoms with van der Waals surface area (Å²) in [7, 11) is 4.16. The molecule has 0 saturated carbocycles. The Hall–Kier alpha value is -1.43. The zero-order chi connectivity index (χ0) is 12.8. The Morgan fingerprint density at radius 3 is 2.83 bits per heavy atom. The molecule has 2 rings (SSSR count). The second-order valence-corrected chi connectivity index (χ2v) is 4.92. The first-order chi connectivity index (χ1) is 8.75. The zero-order valence-electron chi connectivity index (χ0n) is 11.3. The van der Waals surface area contributed by atoms with Crippen molar-refractivity contribution >= 4 is 11.8 Å². The molecule has 0 unspecified atom stereocenters. The summed E-state index contributed by atoms with van der Waals surface area (Å²) < 4.78 is 0. The first-order valence-electron chi connectivity index (χ1n) is 6.59. The molecular weight excluding hydrogens is 228 g/mol. The summed E-state index contributed by atoms with van der Waals surface area (Å²) >= 11 is 0. The van der Waals surface area contributed by atoms with E-state index in [9.17, 15) is 0 Å². The lowest BCUT2D eigenvalue weighted by Gasteiger charge is -2.15. The van der Waals surface area contributed by atoms with Crippen LogP contribution in [-0.4, -0.2) is 60.4 Å². The Morgan fingerprint density at radius 1 is 1.33 bits per heavy atom. The molecule has 0 atom stereocenters. The predicted octanol–water partition coefficient (Wildman–Crippen LogP) is 0.835. The van der Waals surface area contributed by atoms with Gasteiger partial charge in [0.2, 0.25) is 5.95 Å². The van der Waals surface area contributed by atoms with E-state index in [2.05, 4.69) is 44.4 Å². The van der Waals surface area contributed by atoms with Crippen molar-refractivity contribution < 1.29 is 0 Å². The van der Waals surface area contributed by atoms with Crippen molar-refractivity contribution in [2.24, 2.45) is 0 Å². The van der Waals surface area contributed by atoms with Gasteiger partial charge in [0.1, 0.15) is 0 Å². The van der Waals surface area contributed by atoms with Gasteiger partial charge < -0.3 is 15.1 Å². The second kappa shape index (κ2) is 6.49. The van der Waals surface area contributed by atoms with Crippen LogP contribution in [0.2, 0.25) is 0 Å². The molecule has 100 valence electrons. The van der Waals surface area contributed by atoms with Gasteiger partial charge >= 0.3 is 0 Å². The van der Waals surface area contributed by atoms with E-state index < -0.39 is 0 Å². The second-order valence-electron chi connectivity index (χ2n) is 4.92. The van der Waals surface area contributed by atoms with Crippen molar-refractivity contribution in [1.82, 2.24) is 20.1 Å². The largest absolute Gasteiger partial charge is 0.369 e. The average molecular weight is 250 g/mol. The SMILES string of the molecule is CN(C)CCCNc1cnnc(N2CCCC2)n1. The van der Waals surface area contributed by atoms with Gasteiger partial charge in [0.15, 0.2) is 5.82 Å². The molecule has 0 aromatic carbocycles. The third-order valence-corrected chi connectivity index (χ3v) is 3.02. The molecule has 0 radical (unpaired) electrons. The minimum atomic E-state index is 0.755. The van der Waals surface area contributed by atoms with Crippen LogP contribution in [0.5, 0.6) is 0 Å². The van der Waals surface area contributed by atoms with Crippen LogP contribution in [0.25, 0.3) is 0 Å². The minimum absolute atomic E-state index is 0.755. The summed E-state index contributed by atoms with van der Waals surface area (Å²) in [4.78, 5) is 8.87. The first kappa shape index (κ1) is 13.0. The van der Waals surface area contributed by atoms with Crippen molar-refractivity contribution in [2.45, 2.75) is 19.3 Å². The lowest BCUT2D eigenvalue weighted by atomic mass is 10.4. The number of hydrogen-bond acceptors (Lipinski definition) is 6. The normalized spacial score (nSPS) is 15.4. The number of nitrogens with zero attached hydrogens (tertiary/aromatic N) is 5. The van der Waals surface area contributed by atoms with Crippen LogP contribution in [-0.2, 0) is 0 Å². The number of anilines is 2. The molecule has 1 aliphatic heterocycles. The van der Waals surface area contributed by atoms with Crippen molar-refractivity contribution in [2.75, 3.05) is 50.5 Å². The van der Waals surface area contributed by atoms with E-state index in [1.165, 1.54) is 12.8 Å². The molecule has 1 aliphatic rings. The van der Waals surface area contributed by atoms with Crippen LogP contribution < -0.4 is 10.2 Å². The van der Waals surface area contributed by atoms with Crippen LogP contribution in [0.1, 0.15) is 19.3 Å². The summed E-state index contributed by atoms with van der Waals surface area (Å²) in [5, 5.41) is 11.4. The summed E-state index contributed by atoms with van der Waals surface area (Å²) in [6.45, 7) is 4.08. The Morgan fingerprint density at radius 2 is 2.11 bits per heavy atom. The molecule has 1 aromatic heterocycles. The van der Waals surface area contributed by atoms with Crippen LogP contribution in [0.15, 0.2) is 6.20 Å². The van der Waals surface area contributed by atoms with Gasteiger partial charge in [-0.25, -0.2) is 0 Å². The fourth-order valence-corrected chi connectivity index (χ4v) is 2.04. The highest BCUT2D eigenvalue weighted by atomic mass is 15.3. The topological polar surface area (TPSA) is 57.2 Å². The van der Waals surface area contributed by atoms with Gasteiger partial charge in [0, 0.05) is 19.6 Å². The average Bonchev–Trinajstić information content (AvgIpc) is 2.89. The maximum absolute atomic E-state index is 4.50. The molecule has 0 spiro atoms. The van der Waals surface area contributed by atoms with Gasteiger partial charge in [-0.1, -0.05) is 0 Å². The van der Waals surface area contributed by atoms with Crippen molar-refractivity contribution in [3.8, 4) is 0 Å².